The largest absolute Gasteiger partial charge is 0.393 e. The van der Waals surface area contributed by atoms with Crippen molar-refractivity contribution in [3.63, 3.8) is 0 Å². The standard InChI is InChI=1S/C13H18N2OS/c1-10(16)5-12-3-2-4-15(12)8-13-6-11(7-14)9-17-13/h6,9-10,12,16H,2-5,8H2,1H3. The number of hydrogen-bond donors (Lipinski definition) is 1. The van der Waals surface area contributed by atoms with Crippen LogP contribution >= 0.6 is 11.3 Å². The Balaban J connectivity index is 1.95. The molecule has 0 radical (unpaired) electrons. The average molecular weight is 250 g/mol. The first-order valence-electron chi connectivity index (χ1n) is 6.08. The zero-order valence-electron chi connectivity index (χ0n) is 10.1. The van der Waals surface area contributed by atoms with Crippen molar-refractivity contribution in [3.05, 3.63) is 21.9 Å². The van der Waals surface area contributed by atoms with Gasteiger partial charge in [0.05, 0.1) is 11.7 Å². The Morgan fingerprint density at radius 2 is 2.53 bits per heavy atom. The third-order valence-corrected chi connectivity index (χ3v) is 4.18. The smallest absolute Gasteiger partial charge is 0.100 e. The molecule has 2 rings (SSSR count). The molecule has 0 spiro atoms. The summed E-state index contributed by atoms with van der Waals surface area (Å²) in [6, 6.07) is 4.64. The molecule has 2 unspecified atom stereocenters. The molecule has 1 aliphatic heterocycles. The normalized spacial score (nSPS) is 22.5. The predicted octanol–water partition coefficient (Wildman–Crippen LogP) is 2.36. The monoisotopic (exact) mass is 250 g/mol. The third kappa shape index (κ3) is 3.29. The fraction of sp³-hybridized carbons (Fsp3) is 0.615. The SMILES string of the molecule is CC(O)CC1CCCN1Cc1cc(C#N)cs1. The topological polar surface area (TPSA) is 47.3 Å². The summed E-state index contributed by atoms with van der Waals surface area (Å²) in [4.78, 5) is 3.68. The van der Waals surface area contributed by atoms with Crippen molar-refractivity contribution in [2.75, 3.05) is 6.54 Å². The van der Waals surface area contributed by atoms with E-state index in [-0.39, 0.29) is 6.10 Å². The lowest BCUT2D eigenvalue weighted by Gasteiger charge is -2.24. The van der Waals surface area contributed by atoms with Crippen LogP contribution in [0.2, 0.25) is 0 Å². The molecule has 17 heavy (non-hydrogen) atoms. The van der Waals surface area contributed by atoms with Crippen LogP contribution in [0, 0.1) is 11.3 Å². The Morgan fingerprint density at radius 3 is 3.18 bits per heavy atom. The number of aliphatic hydroxyl groups excluding tert-OH is 1. The van der Waals surface area contributed by atoms with Crippen molar-refractivity contribution in [2.45, 2.75) is 44.9 Å². The van der Waals surface area contributed by atoms with E-state index < -0.39 is 0 Å². The second kappa shape index (κ2) is 5.63. The molecule has 0 aliphatic carbocycles. The molecule has 1 aromatic heterocycles. The summed E-state index contributed by atoms with van der Waals surface area (Å²) in [7, 11) is 0. The highest BCUT2D eigenvalue weighted by atomic mass is 32.1. The minimum Gasteiger partial charge on any atom is -0.393 e. The van der Waals surface area contributed by atoms with Crippen LogP contribution in [-0.2, 0) is 6.54 Å². The number of aliphatic hydroxyl groups is 1. The molecule has 2 atom stereocenters. The van der Waals surface area contributed by atoms with Crippen LogP contribution in [0.1, 0.15) is 36.6 Å². The number of nitrogens with zero attached hydrogens (tertiary/aromatic N) is 2. The number of likely N-dealkylation sites (tertiary alicyclic amines) is 1. The van der Waals surface area contributed by atoms with Gasteiger partial charge >= 0.3 is 0 Å². The molecule has 1 aromatic rings. The second-order valence-corrected chi connectivity index (χ2v) is 5.76. The van der Waals surface area contributed by atoms with Crippen molar-refractivity contribution < 1.29 is 5.11 Å². The fourth-order valence-corrected chi connectivity index (χ4v) is 3.32. The van der Waals surface area contributed by atoms with E-state index in [1.165, 1.54) is 17.7 Å². The van der Waals surface area contributed by atoms with Gasteiger partial charge in [-0.1, -0.05) is 0 Å². The molecule has 4 heteroatoms. The summed E-state index contributed by atoms with van der Waals surface area (Å²) in [5, 5.41) is 20.2. The van der Waals surface area contributed by atoms with E-state index in [0.717, 1.165) is 25.1 Å². The summed E-state index contributed by atoms with van der Waals surface area (Å²) in [6.07, 6.45) is 3.03. The molecule has 1 aliphatic rings. The van der Waals surface area contributed by atoms with E-state index in [9.17, 15) is 5.11 Å². The average Bonchev–Trinajstić information content (AvgIpc) is 2.89. The first-order chi connectivity index (χ1) is 8.19. The zero-order chi connectivity index (χ0) is 12.3. The third-order valence-electron chi connectivity index (χ3n) is 3.25. The maximum absolute atomic E-state index is 9.47. The minimum absolute atomic E-state index is 0.224. The van der Waals surface area contributed by atoms with Gasteiger partial charge in [-0.2, -0.15) is 5.26 Å². The lowest BCUT2D eigenvalue weighted by Crippen LogP contribution is -2.31. The van der Waals surface area contributed by atoms with Crippen LogP contribution in [-0.4, -0.2) is 28.7 Å². The molecular weight excluding hydrogens is 232 g/mol. The second-order valence-electron chi connectivity index (χ2n) is 4.76. The van der Waals surface area contributed by atoms with E-state index in [0.29, 0.717) is 6.04 Å². The minimum atomic E-state index is -0.224. The van der Waals surface area contributed by atoms with E-state index in [1.54, 1.807) is 11.3 Å². The van der Waals surface area contributed by atoms with Crippen molar-refractivity contribution in [3.8, 4) is 6.07 Å². The van der Waals surface area contributed by atoms with Gasteiger partial charge < -0.3 is 5.11 Å². The van der Waals surface area contributed by atoms with Gasteiger partial charge in [0.25, 0.3) is 0 Å². The molecule has 0 aromatic carbocycles. The summed E-state index contributed by atoms with van der Waals surface area (Å²) in [5.74, 6) is 0. The lowest BCUT2D eigenvalue weighted by molar-refractivity contribution is 0.131. The van der Waals surface area contributed by atoms with Gasteiger partial charge in [-0.3, -0.25) is 4.90 Å². The van der Waals surface area contributed by atoms with E-state index in [4.69, 9.17) is 5.26 Å². The van der Waals surface area contributed by atoms with Crippen LogP contribution < -0.4 is 0 Å². The van der Waals surface area contributed by atoms with Crippen molar-refractivity contribution in [1.29, 1.82) is 5.26 Å². The zero-order valence-corrected chi connectivity index (χ0v) is 10.9. The van der Waals surface area contributed by atoms with Gasteiger partial charge in [0.15, 0.2) is 0 Å². The maximum atomic E-state index is 9.47. The van der Waals surface area contributed by atoms with Gasteiger partial charge in [0.1, 0.15) is 6.07 Å². The summed E-state index contributed by atoms with van der Waals surface area (Å²) >= 11 is 1.66. The number of hydrogen-bond acceptors (Lipinski definition) is 4. The quantitative estimate of drug-likeness (QED) is 0.892. The van der Waals surface area contributed by atoms with Crippen molar-refractivity contribution >= 4 is 11.3 Å². The molecule has 1 fully saturated rings. The summed E-state index contributed by atoms with van der Waals surface area (Å²) in [6.45, 7) is 3.89. The summed E-state index contributed by atoms with van der Waals surface area (Å²) < 4.78 is 0. The highest BCUT2D eigenvalue weighted by molar-refractivity contribution is 7.10. The molecule has 1 N–H and O–H groups in total. The molecule has 3 nitrogen and oxygen atoms in total. The van der Waals surface area contributed by atoms with E-state index in [1.807, 2.05) is 18.4 Å². The van der Waals surface area contributed by atoms with Crippen LogP contribution in [0.25, 0.3) is 0 Å². The van der Waals surface area contributed by atoms with Crippen LogP contribution in [0.15, 0.2) is 11.4 Å². The Morgan fingerprint density at radius 1 is 1.71 bits per heavy atom. The maximum Gasteiger partial charge on any atom is 0.100 e. The highest BCUT2D eigenvalue weighted by Crippen LogP contribution is 2.25. The van der Waals surface area contributed by atoms with Gasteiger partial charge in [-0.05, 0) is 38.8 Å². The molecule has 0 amide bonds. The van der Waals surface area contributed by atoms with E-state index >= 15 is 0 Å². The molecule has 92 valence electrons. The fourth-order valence-electron chi connectivity index (χ4n) is 2.49. The van der Waals surface area contributed by atoms with Gasteiger partial charge in [-0.15, -0.1) is 11.3 Å². The van der Waals surface area contributed by atoms with Gasteiger partial charge in [0.2, 0.25) is 0 Å². The van der Waals surface area contributed by atoms with E-state index in [2.05, 4.69) is 11.0 Å². The lowest BCUT2D eigenvalue weighted by atomic mass is 10.1. The Bertz CT molecular complexity index is 408. The predicted molar refractivity (Wildman–Crippen MR) is 68.8 cm³/mol. The molecule has 0 bridgehead atoms. The summed E-state index contributed by atoms with van der Waals surface area (Å²) in [5.41, 5.74) is 0.760. The number of thiophene rings is 1. The number of nitriles is 1. The van der Waals surface area contributed by atoms with Gasteiger partial charge in [0, 0.05) is 22.8 Å². The van der Waals surface area contributed by atoms with Crippen LogP contribution in [0.4, 0.5) is 0 Å². The first-order valence-corrected chi connectivity index (χ1v) is 6.96. The Hall–Kier alpha value is -0.890. The first kappa shape index (κ1) is 12.6. The van der Waals surface area contributed by atoms with Gasteiger partial charge in [-0.25, -0.2) is 0 Å². The molecule has 0 saturated carbocycles. The molecular formula is C13H18N2OS. The Kier molecular flexibility index (Phi) is 4.16. The van der Waals surface area contributed by atoms with Crippen LogP contribution in [0.3, 0.4) is 0 Å². The van der Waals surface area contributed by atoms with Crippen molar-refractivity contribution in [1.82, 2.24) is 4.90 Å². The van der Waals surface area contributed by atoms with Crippen LogP contribution in [0.5, 0.6) is 0 Å². The molecule has 1 saturated heterocycles. The Labute approximate surface area is 106 Å². The highest BCUT2D eigenvalue weighted by Gasteiger charge is 2.25. The molecule has 2 heterocycles. The van der Waals surface area contributed by atoms with Crippen molar-refractivity contribution in [2.24, 2.45) is 0 Å². The number of rotatable bonds is 4.